The fourth-order valence-corrected chi connectivity index (χ4v) is 12.3. The van der Waals surface area contributed by atoms with Gasteiger partial charge in [0, 0.05) is 11.5 Å². The van der Waals surface area contributed by atoms with Crippen LogP contribution >= 0.6 is 11.3 Å². The van der Waals surface area contributed by atoms with Crippen LogP contribution in [0.4, 0.5) is 0 Å². The SMILES string of the molecule is C#C.C#C.C=CC.CC1(C)C(c2ccc(C(=O)O)s2)=CC[C@@]2(C)C1CC[C@@]1(C)C3CC[C@@]4(CO)CCCC4[C@H]3CCC12. The average Bonchev–Trinajstić information content (AvgIpc) is 3.64. The van der Waals surface area contributed by atoms with Gasteiger partial charge in [0.25, 0.3) is 0 Å². The lowest BCUT2D eigenvalue weighted by Crippen LogP contribution is -2.61. The highest BCUT2D eigenvalue weighted by molar-refractivity contribution is 7.15. The van der Waals surface area contributed by atoms with Crippen LogP contribution in [0.3, 0.4) is 0 Å². The molecule has 5 aliphatic carbocycles. The topological polar surface area (TPSA) is 57.5 Å². The van der Waals surface area contributed by atoms with E-state index in [2.05, 4.69) is 66.0 Å². The summed E-state index contributed by atoms with van der Waals surface area (Å²) >= 11 is 1.45. The number of aromatic carboxylic acids is 1. The van der Waals surface area contributed by atoms with E-state index >= 15 is 0 Å². The Kier molecular flexibility index (Phi) is 10.7. The molecule has 4 unspecified atom stereocenters. The van der Waals surface area contributed by atoms with E-state index in [4.69, 9.17) is 0 Å². The predicted molar refractivity (Wildman–Crippen MR) is 178 cm³/mol. The first-order valence-electron chi connectivity index (χ1n) is 15.9. The fourth-order valence-electron chi connectivity index (χ4n) is 11.3. The van der Waals surface area contributed by atoms with E-state index in [0.29, 0.717) is 28.2 Å². The van der Waals surface area contributed by atoms with Crippen LogP contribution in [0.2, 0.25) is 0 Å². The second-order valence-electron chi connectivity index (χ2n) is 14.5. The summed E-state index contributed by atoms with van der Waals surface area (Å²) in [6, 6.07) is 3.82. The molecule has 0 radical (unpaired) electrons. The van der Waals surface area contributed by atoms with Gasteiger partial charge in [-0.15, -0.1) is 43.6 Å². The molecule has 4 saturated carbocycles. The number of thiophene rings is 1. The van der Waals surface area contributed by atoms with Crippen LogP contribution in [0.1, 0.15) is 113 Å². The first kappa shape index (κ1) is 34.2. The van der Waals surface area contributed by atoms with Crippen LogP contribution in [0, 0.1) is 76.9 Å². The average molecular weight is 591 g/mol. The van der Waals surface area contributed by atoms with Gasteiger partial charge in [-0.3, -0.25) is 0 Å². The summed E-state index contributed by atoms with van der Waals surface area (Å²) in [4.78, 5) is 13.1. The summed E-state index contributed by atoms with van der Waals surface area (Å²) in [5, 5.41) is 19.9. The van der Waals surface area contributed by atoms with Gasteiger partial charge in [0.1, 0.15) is 4.88 Å². The molecule has 8 atom stereocenters. The first-order chi connectivity index (χ1) is 20.0. The lowest BCUT2D eigenvalue weighted by atomic mass is 9.36. The molecule has 2 N–H and O–H groups in total. The molecule has 0 bridgehead atoms. The summed E-state index contributed by atoms with van der Waals surface area (Å²) in [5.74, 6) is 2.98. The van der Waals surface area contributed by atoms with Crippen molar-refractivity contribution in [2.24, 2.45) is 51.2 Å². The largest absolute Gasteiger partial charge is 0.477 e. The normalized spacial score (nSPS) is 38.8. The highest BCUT2D eigenvalue weighted by atomic mass is 32.1. The number of hydrogen-bond acceptors (Lipinski definition) is 3. The maximum Gasteiger partial charge on any atom is 0.345 e. The Morgan fingerprint density at radius 1 is 0.952 bits per heavy atom. The molecule has 0 spiro atoms. The molecule has 0 aliphatic heterocycles. The lowest BCUT2D eigenvalue weighted by molar-refractivity contribution is -0.181. The third-order valence-electron chi connectivity index (χ3n) is 12.7. The van der Waals surface area contributed by atoms with Crippen molar-refractivity contribution in [2.45, 2.75) is 98.8 Å². The number of fused-ring (bicyclic) bond motifs is 7. The molecule has 1 aromatic heterocycles. The maximum atomic E-state index is 11.5. The third kappa shape index (κ3) is 5.33. The summed E-state index contributed by atoms with van der Waals surface area (Å²) in [6.45, 7) is 15.8. The zero-order valence-corrected chi connectivity index (χ0v) is 27.5. The molecule has 0 saturated heterocycles. The fraction of sp³-hybridized carbons (Fsp3) is 0.658. The number of carboxylic acid groups (broad SMARTS) is 1. The quantitative estimate of drug-likeness (QED) is 0.272. The number of aliphatic hydroxyl groups is 1. The number of rotatable bonds is 3. The molecule has 1 aromatic rings. The molecular weight excluding hydrogens is 536 g/mol. The monoisotopic (exact) mass is 590 g/mol. The molecule has 0 amide bonds. The van der Waals surface area contributed by atoms with Gasteiger partial charge in [0.15, 0.2) is 0 Å². The van der Waals surface area contributed by atoms with Gasteiger partial charge in [0.2, 0.25) is 0 Å². The molecule has 230 valence electrons. The zero-order chi connectivity index (χ0) is 31.5. The van der Waals surface area contributed by atoms with Gasteiger partial charge in [0.05, 0.1) is 0 Å². The van der Waals surface area contributed by atoms with Crippen molar-refractivity contribution in [3.63, 3.8) is 0 Å². The number of carboxylic acids is 1. The molecule has 3 nitrogen and oxygen atoms in total. The van der Waals surface area contributed by atoms with Crippen LogP contribution in [-0.2, 0) is 0 Å². The van der Waals surface area contributed by atoms with E-state index in [9.17, 15) is 15.0 Å². The van der Waals surface area contributed by atoms with Gasteiger partial charge < -0.3 is 10.2 Å². The molecule has 0 aromatic carbocycles. The molecular formula is C38H54O3S. The standard InChI is InChI=1S/C31H44O3S.C3H6.2C2H2/c1-28(2)22(23-8-9-24(35-23)27(33)34)11-15-30(4)25(28)13-16-29(3)20-12-17-31(18-32)14-5-6-21(31)19(20)7-10-26(29)30;1-3-2;2*1-2/h8-9,11,19-21,25-26,32H,5-7,10,12-18H2,1-4H3,(H,33,34);3H,1H2,2H3;2*1-2H/t19-,20?,21?,25?,26?,29-,30-,31+;;;/m0.../s1. The second-order valence-corrected chi connectivity index (χ2v) is 15.6. The Morgan fingerprint density at radius 2 is 1.62 bits per heavy atom. The Labute approximate surface area is 260 Å². The minimum atomic E-state index is -0.814. The van der Waals surface area contributed by atoms with Crippen LogP contribution in [0.25, 0.3) is 5.57 Å². The first-order valence-corrected chi connectivity index (χ1v) is 16.7. The van der Waals surface area contributed by atoms with Crippen molar-refractivity contribution in [2.75, 3.05) is 6.61 Å². The van der Waals surface area contributed by atoms with E-state index in [1.807, 2.05) is 13.0 Å². The van der Waals surface area contributed by atoms with E-state index in [-0.39, 0.29) is 10.8 Å². The summed E-state index contributed by atoms with van der Waals surface area (Å²) in [7, 11) is 0. The maximum absolute atomic E-state index is 11.5. The van der Waals surface area contributed by atoms with Crippen LogP contribution < -0.4 is 0 Å². The molecule has 4 heteroatoms. The Bertz CT molecular complexity index is 1180. The van der Waals surface area contributed by atoms with E-state index in [1.165, 1.54) is 74.7 Å². The zero-order valence-electron chi connectivity index (χ0n) is 26.7. The van der Waals surface area contributed by atoms with Crippen molar-refractivity contribution < 1.29 is 15.0 Å². The highest BCUT2D eigenvalue weighted by Crippen LogP contribution is 2.73. The minimum Gasteiger partial charge on any atom is -0.477 e. The number of aliphatic hydroxyl groups excluding tert-OH is 1. The van der Waals surface area contributed by atoms with Gasteiger partial charge in [-0.05, 0) is 134 Å². The van der Waals surface area contributed by atoms with Crippen molar-refractivity contribution in [3.8, 4) is 25.7 Å². The van der Waals surface area contributed by atoms with Crippen LogP contribution in [0.15, 0.2) is 30.9 Å². The van der Waals surface area contributed by atoms with Crippen molar-refractivity contribution >= 4 is 22.9 Å². The molecule has 42 heavy (non-hydrogen) atoms. The molecule has 6 rings (SSSR count). The second kappa shape index (κ2) is 13.2. The number of carbonyl (C=O) groups is 1. The summed E-state index contributed by atoms with van der Waals surface area (Å²) < 4.78 is 0. The van der Waals surface area contributed by atoms with Crippen molar-refractivity contribution in [1.82, 2.24) is 0 Å². The number of hydrogen-bond donors (Lipinski definition) is 2. The summed E-state index contributed by atoms with van der Waals surface area (Å²) in [5.41, 5.74) is 2.39. The molecule has 4 fully saturated rings. The Balaban J connectivity index is 0.000000640. The number of terminal acetylenes is 2. The van der Waals surface area contributed by atoms with Gasteiger partial charge >= 0.3 is 5.97 Å². The van der Waals surface area contributed by atoms with E-state index in [0.717, 1.165) is 35.0 Å². The smallest absolute Gasteiger partial charge is 0.345 e. The van der Waals surface area contributed by atoms with Gasteiger partial charge in [-0.2, -0.15) is 0 Å². The molecule has 5 aliphatic rings. The van der Waals surface area contributed by atoms with Crippen LogP contribution in [0.5, 0.6) is 0 Å². The molecule has 1 heterocycles. The van der Waals surface area contributed by atoms with Crippen LogP contribution in [-0.4, -0.2) is 22.8 Å². The Morgan fingerprint density at radius 3 is 2.21 bits per heavy atom. The van der Waals surface area contributed by atoms with E-state index in [1.54, 1.807) is 12.1 Å². The van der Waals surface area contributed by atoms with Crippen molar-refractivity contribution in [1.29, 1.82) is 0 Å². The predicted octanol–water partition coefficient (Wildman–Crippen LogP) is 9.59. The minimum absolute atomic E-state index is 0.0515. The van der Waals surface area contributed by atoms with Gasteiger partial charge in [-0.25, -0.2) is 4.79 Å². The summed E-state index contributed by atoms with van der Waals surface area (Å²) in [6.07, 6.45) is 33.2. The Hall–Kier alpha value is -2.27. The van der Waals surface area contributed by atoms with Gasteiger partial charge in [-0.1, -0.05) is 46.3 Å². The van der Waals surface area contributed by atoms with Crippen molar-refractivity contribution in [3.05, 3.63) is 40.6 Å². The number of allylic oxidation sites excluding steroid dienone is 3. The highest BCUT2D eigenvalue weighted by Gasteiger charge is 2.65. The van der Waals surface area contributed by atoms with E-state index < -0.39 is 5.97 Å². The lowest BCUT2D eigenvalue weighted by Gasteiger charge is -2.68. The third-order valence-corrected chi connectivity index (χ3v) is 13.8.